The average Bonchev–Trinajstić information content (AvgIpc) is 3.45. The molecule has 10 heteroatoms. The van der Waals surface area contributed by atoms with Gasteiger partial charge >= 0.3 is 5.97 Å². The zero-order valence-corrected chi connectivity index (χ0v) is 19.3. The van der Waals surface area contributed by atoms with Crippen LogP contribution in [0.3, 0.4) is 0 Å². The van der Waals surface area contributed by atoms with Crippen molar-refractivity contribution in [3.05, 3.63) is 59.2 Å². The Hall–Kier alpha value is -3.27. The molecule has 3 aromatic rings. The molecule has 1 aromatic carbocycles. The maximum Gasteiger partial charge on any atom is 0.354 e. The minimum absolute atomic E-state index is 0.0961. The van der Waals surface area contributed by atoms with Gasteiger partial charge in [0.2, 0.25) is 0 Å². The zero-order valence-electron chi connectivity index (χ0n) is 18.5. The zero-order chi connectivity index (χ0) is 23.0. The van der Waals surface area contributed by atoms with E-state index in [0.29, 0.717) is 30.9 Å². The molecule has 0 unspecified atom stereocenters. The number of anilines is 1. The van der Waals surface area contributed by atoms with Crippen LogP contribution in [0.5, 0.6) is 5.75 Å². The van der Waals surface area contributed by atoms with Gasteiger partial charge in [0.05, 0.1) is 37.8 Å². The first-order chi connectivity index (χ1) is 15.3. The van der Waals surface area contributed by atoms with Crippen LogP contribution in [0.2, 0.25) is 0 Å². The molecule has 0 aliphatic carbocycles. The van der Waals surface area contributed by atoms with Crippen LogP contribution in [-0.2, 0) is 34.8 Å². The molecule has 1 aliphatic rings. The Morgan fingerprint density at radius 1 is 1.22 bits per heavy atom. The van der Waals surface area contributed by atoms with Gasteiger partial charge in [0.25, 0.3) is 10.0 Å². The van der Waals surface area contributed by atoms with E-state index in [4.69, 9.17) is 9.47 Å². The minimum atomic E-state index is -3.87. The van der Waals surface area contributed by atoms with E-state index in [1.807, 2.05) is 28.9 Å². The third-order valence-corrected chi connectivity index (χ3v) is 7.71. The Labute approximate surface area is 187 Å². The summed E-state index contributed by atoms with van der Waals surface area (Å²) in [5.74, 6) is 0.228. The van der Waals surface area contributed by atoms with Crippen molar-refractivity contribution in [1.82, 2.24) is 14.3 Å². The monoisotopic (exact) mass is 458 g/mol. The molecule has 0 amide bonds. The number of hydrogen-bond donors (Lipinski definition) is 0. The van der Waals surface area contributed by atoms with Crippen molar-refractivity contribution in [2.45, 2.75) is 31.7 Å². The second-order valence-electron chi connectivity index (χ2n) is 7.57. The summed E-state index contributed by atoms with van der Waals surface area (Å²) in [6.45, 7) is 4.46. The highest BCUT2D eigenvalue weighted by Gasteiger charge is 2.36. The highest BCUT2D eigenvalue weighted by Crippen LogP contribution is 2.35. The van der Waals surface area contributed by atoms with Crippen molar-refractivity contribution >= 4 is 21.7 Å². The fourth-order valence-electron chi connectivity index (χ4n) is 3.94. The Balaban J connectivity index is 1.63. The maximum atomic E-state index is 13.5. The van der Waals surface area contributed by atoms with E-state index in [9.17, 15) is 13.2 Å². The lowest BCUT2D eigenvalue weighted by Gasteiger charge is -2.17. The van der Waals surface area contributed by atoms with Gasteiger partial charge < -0.3 is 14.0 Å². The van der Waals surface area contributed by atoms with E-state index in [1.54, 1.807) is 38.8 Å². The van der Waals surface area contributed by atoms with Gasteiger partial charge in [0.1, 0.15) is 16.3 Å². The lowest BCUT2D eigenvalue weighted by molar-refractivity contribution is 0.0515. The quantitative estimate of drug-likeness (QED) is 0.505. The molecule has 170 valence electrons. The van der Waals surface area contributed by atoms with Crippen LogP contribution in [-0.4, -0.2) is 49.0 Å². The van der Waals surface area contributed by atoms with Crippen LogP contribution in [0.15, 0.2) is 41.4 Å². The summed E-state index contributed by atoms with van der Waals surface area (Å²) in [6, 6.07) is 9.08. The molecule has 3 heterocycles. The van der Waals surface area contributed by atoms with Crippen molar-refractivity contribution in [3.63, 3.8) is 0 Å². The molecular weight excluding hydrogens is 432 g/mol. The molecule has 4 rings (SSSR count). The number of esters is 1. The SMILES string of the molecule is CCOC(=O)c1cc(S(=O)(=O)N2CCc3c2cnn3Cc2ccc(OC)cc2)c(C)n1C. The van der Waals surface area contributed by atoms with Crippen molar-refractivity contribution in [2.75, 3.05) is 24.6 Å². The van der Waals surface area contributed by atoms with Crippen molar-refractivity contribution in [1.29, 1.82) is 0 Å². The molecule has 2 aromatic heterocycles. The Bertz CT molecular complexity index is 1260. The predicted octanol–water partition coefficient (Wildman–Crippen LogP) is 2.52. The van der Waals surface area contributed by atoms with Crippen LogP contribution in [0.4, 0.5) is 5.69 Å². The standard InChI is InChI=1S/C22H26N4O5S/c1-5-31-22(27)19-12-21(15(2)24(19)3)32(28,29)26-11-10-18-20(26)13-23-25(18)14-16-6-8-17(30-4)9-7-16/h6-9,12-13H,5,10-11,14H2,1-4H3. The van der Waals surface area contributed by atoms with Gasteiger partial charge in [-0.15, -0.1) is 0 Å². The molecule has 0 atom stereocenters. The van der Waals surface area contributed by atoms with E-state index < -0.39 is 16.0 Å². The minimum Gasteiger partial charge on any atom is -0.497 e. The van der Waals surface area contributed by atoms with Gasteiger partial charge in [-0.25, -0.2) is 13.2 Å². The molecular formula is C22H26N4O5S. The highest BCUT2D eigenvalue weighted by atomic mass is 32.2. The summed E-state index contributed by atoms with van der Waals surface area (Å²) >= 11 is 0. The number of aromatic nitrogens is 3. The normalized spacial score (nSPS) is 13.3. The summed E-state index contributed by atoms with van der Waals surface area (Å²) in [5.41, 5.74) is 3.16. The van der Waals surface area contributed by atoms with Crippen molar-refractivity contribution in [2.24, 2.45) is 7.05 Å². The number of carbonyl (C=O) groups is 1. The van der Waals surface area contributed by atoms with E-state index >= 15 is 0 Å². The molecule has 0 spiro atoms. The number of nitrogens with zero attached hydrogens (tertiary/aromatic N) is 4. The number of benzene rings is 1. The van der Waals surface area contributed by atoms with E-state index in [2.05, 4.69) is 5.10 Å². The Kier molecular flexibility index (Phi) is 5.72. The Morgan fingerprint density at radius 2 is 1.94 bits per heavy atom. The number of sulfonamides is 1. The maximum absolute atomic E-state index is 13.5. The molecule has 0 N–H and O–H groups in total. The number of carbonyl (C=O) groups excluding carboxylic acids is 1. The molecule has 0 saturated carbocycles. The number of hydrogen-bond acceptors (Lipinski definition) is 6. The first-order valence-electron chi connectivity index (χ1n) is 10.3. The molecule has 0 bridgehead atoms. The van der Waals surface area contributed by atoms with E-state index in [-0.39, 0.29) is 17.2 Å². The third-order valence-electron chi connectivity index (χ3n) is 5.78. The molecule has 1 aliphatic heterocycles. The van der Waals surface area contributed by atoms with Crippen LogP contribution >= 0.6 is 0 Å². The fourth-order valence-corrected chi connectivity index (χ4v) is 5.69. The number of fused-ring (bicyclic) bond motifs is 1. The van der Waals surface area contributed by atoms with Crippen molar-refractivity contribution < 1.29 is 22.7 Å². The van der Waals surface area contributed by atoms with Gasteiger partial charge in [0, 0.05) is 25.7 Å². The fraction of sp³-hybridized carbons (Fsp3) is 0.364. The van der Waals surface area contributed by atoms with E-state index in [1.165, 1.54) is 10.4 Å². The first-order valence-corrected chi connectivity index (χ1v) is 11.8. The number of rotatable bonds is 7. The summed E-state index contributed by atoms with van der Waals surface area (Å²) in [6.07, 6.45) is 2.15. The first kappa shape index (κ1) is 21.9. The predicted molar refractivity (Wildman–Crippen MR) is 119 cm³/mol. The van der Waals surface area contributed by atoms with E-state index in [0.717, 1.165) is 17.0 Å². The summed E-state index contributed by atoms with van der Waals surface area (Å²) in [5, 5.41) is 4.43. The molecule has 0 radical (unpaired) electrons. The van der Waals surface area contributed by atoms with Crippen LogP contribution in [0.25, 0.3) is 0 Å². The largest absolute Gasteiger partial charge is 0.497 e. The molecule has 9 nitrogen and oxygen atoms in total. The second kappa shape index (κ2) is 8.34. The lowest BCUT2D eigenvalue weighted by Crippen LogP contribution is -2.29. The smallest absolute Gasteiger partial charge is 0.354 e. The van der Waals surface area contributed by atoms with Crippen LogP contribution < -0.4 is 9.04 Å². The van der Waals surface area contributed by atoms with Gasteiger partial charge in [-0.1, -0.05) is 12.1 Å². The summed E-state index contributed by atoms with van der Waals surface area (Å²) in [4.78, 5) is 12.3. The van der Waals surface area contributed by atoms with Crippen molar-refractivity contribution in [3.8, 4) is 5.75 Å². The lowest BCUT2D eigenvalue weighted by atomic mass is 10.2. The van der Waals surface area contributed by atoms with Gasteiger partial charge in [0.15, 0.2) is 0 Å². The Morgan fingerprint density at radius 3 is 2.59 bits per heavy atom. The highest BCUT2D eigenvalue weighted by molar-refractivity contribution is 7.93. The summed E-state index contributed by atoms with van der Waals surface area (Å²) < 4.78 is 42.0. The molecule has 0 saturated heterocycles. The number of methoxy groups -OCH3 is 1. The molecule has 32 heavy (non-hydrogen) atoms. The number of ether oxygens (including phenoxy) is 2. The average molecular weight is 459 g/mol. The molecule has 0 fully saturated rings. The van der Waals surface area contributed by atoms with Gasteiger partial charge in [-0.05, 0) is 37.6 Å². The second-order valence-corrected chi connectivity index (χ2v) is 9.40. The van der Waals surface area contributed by atoms with Gasteiger partial charge in [-0.3, -0.25) is 8.99 Å². The summed E-state index contributed by atoms with van der Waals surface area (Å²) in [7, 11) is -0.591. The third kappa shape index (κ3) is 3.64. The van der Waals surface area contributed by atoms with Gasteiger partial charge in [-0.2, -0.15) is 5.10 Å². The van der Waals surface area contributed by atoms with Crippen LogP contribution in [0, 0.1) is 6.92 Å². The topological polar surface area (TPSA) is 95.7 Å². The van der Waals surface area contributed by atoms with Crippen LogP contribution in [0.1, 0.15) is 34.4 Å².